The first-order valence-corrected chi connectivity index (χ1v) is 7.19. The number of fused-ring (bicyclic) bond motifs is 1. The summed E-state index contributed by atoms with van der Waals surface area (Å²) >= 11 is 0. The molecule has 0 amide bonds. The Kier molecular flexibility index (Phi) is 4.65. The largest absolute Gasteiger partial charge is 0.384 e. The molecule has 2 atom stereocenters. The number of nitrogens with zero attached hydrogens (tertiary/aromatic N) is 1. The van der Waals surface area contributed by atoms with E-state index in [1.54, 1.807) is 0 Å². The van der Waals surface area contributed by atoms with Crippen LogP contribution in [0.3, 0.4) is 0 Å². The van der Waals surface area contributed by atoms with E-state index in [9.17, 15) is 0 Å². The molecule has 1 aliphatic rings. The molecule has 0 saturated carbocycles. The lowest BCUT2D eigenvalue weighted by Crippen LogP contribution is -2.35. The first-order valence-electron chi connectivity index (χ1n) is 7.19. The minimum Gasteiger partial charge on any atom is -0.384 e. The molecule has 2 nitrogen and oxygen atoms in total. The number of nitrogens with one attached hydrogen (secondary N) is 1. The Labute approximate surface area is 111 Å². The van der Waals surface area contributed by atoms with Gasteiger partial charge >= 0.3 is 0 Å². The van der Waals surface area contributed by atoms with Crippen LogP contribution in [0.4, 0.5) is 5.69 Å². The molecule has 1 heterocycles. The first kappa shape index (κ1) is 13.4. The van der Waals surface area contributed by atoms with Gasteiger partial charge in [0.25, 0.3) is 0 Å². The van der Waals surface area contributed by atoms with Gasteiger partial charge in [-0.25, -0.2) is 0 Å². The van der Waals surface area contributed by atoms with Gasteiger partial charge in [0, 0.05) is 25.3 Å². The summed E-state index contributed by atoms with van der Waals surface area (Å²) < 4.78 is 0. The van der Waals surface area contributed by atoms with Crippen molar-refractivity contribution in [2.75, 3.05) is 32.0 Å². The van der Waals surface area contributed by atoms with E-state index in [-0.39, 0.29) is 0 Å². The van der Waals surface area contributed by atoms with Crippen LogP contribution in [0.1, 0.15) is 25.8 Å². The summed E-state index contributed by atoms with van der Waals surface area (Å²) in [6, 6.07) is 8.70. The number of benzene rings is 1. The second-order valence-electron chi connectivity index (χ2n) is 5.84. The standard InChI is InChI=1S/C16H26N2/c1-4-13(2)11-18(3)12-14-9-15-7-5-6-8-16(15)17-10-14/h5-8,13-14,17H,4,9-12H2,1-3H3. The van der Waals surface area contributed by atoms with E-state index in [0.717, 1.165) is 18.4 Å². The van der Waals surface area contributed by atoms with Crippen LogP contribution in [0.2, 0.25) is 0 Å². The molecule has 100 valence electrons. The lowest BCUT2D eigenvalue weighted by atomic mass is 9.93. The quantitative estimate of drug-likeness (QED) is 0.858. The molecular formula is C16H26N2. The van der Waals surface area contributed by atoms with Crippen molar-refractivity contribution in [1.29, 1.82) is 0 Å². The molecule has 0 fully saturated rings. The summed E-state index contributed by atoms with van der Waals surface area (Å²) in [7, 11) is 2.26. The Morgan fingerprint density at radius 3 is 2.94 bits per heavy atom. The minimum atomic E-state index is 0.744. The van der Waals surface area contributed by atoms with E-state index in [4.69, 9.17) is 0 Å². The van der Waals surface area contributed by atoms with Gasteiger partial charge in [-0.2, -0.15) is 0 Å². The zero-order valence-electron chi connectivity index (χ0n) is 11.9. The Balaban J connectivity index is 1.86. The average Bonchev–Trinajstić information content (AvgIpc) is 2.38. The van der Waals surface area contributed by atoms with Gasteiger partial charge in [0.05, 0.1) is 0 Å². The Hall–Kier alpha value is -1.02. The van der Waals surface area contributed by atoms with Crippen molar-refractivity contribution < 1.29 is 0 Å². The minimum absolute atomic E-state index is 0.744. The van der Waals surface area contributed by atoms with Crippen LogP contribution in [0.15, 0.2) is 24.3 Å². The van der Waals surface area contributed by atoms with E-state index < -0.39 is 0 Å². The average molecular weight is 246 g/mol. The molecule has 2 rings (SSSR count). The van der Waals surface area contributed by atoms with Crippen molar-refractivity contribution in [2.45, 2.75) is 26.7 Å². The van der Waals surface area contributed by atoms with Crippen molar-refractivity contribution in [2.24, 2.45) is 11.8 Å². The summed E-state index contributed by atoms with van der Waals surface area (Å²) in [4.78, 5) is 2.49. The third-order valence-electron chi connectivity index (χ3n) is 4.00. The molecule has 2 unspecified atom stereocenters. The highest BCUT2D eigenvalue weighted by molar-refractivity contribution is 5.53. The molecule has 0 aromatic heterocycles. The van der Waals surface area contributed by atoms with Crippen molar-refractivity contribution in [3.8, 4) is 0 Å². The summed E-state index contributed by atoms with van der Waals surface area (Å²) in [5, 5.41) is 3.56. The fourth-order valence-corrected chi connectivity index (χ4v) is 2.81. The predicted octanol–water partition coefficient (Wildman–Crippen LogP) is 3.25. The van der Waals surface area contributed by atoms with E-state index in [1.165, 1.54) is 37.2 Å². The maximum Gasteiger partial charge on any atom is 0.0372 e. The summed E-state index contributed by atoms with van der Waals surface area (Å²) in [6.07, 6.45) is 2.49. The van der Waals surface area contributed by atoms with E-state index in [0.29, 0.717) is 0 Å². The van der Waals surface area contributed by atoms with Crippen LogP contribution in [0.25, 0.3) is 0 Å². The van der Waals surface area contributed by atoms with Crippen LogP contribution in [-0.2, 0) is 6.42 Å². The van der Waals surface area contributed by atoms with Gasteiger partial charge in [-0.3, -0.25) is 0 Å². The molecular weight excluding hydrogens is 220 g/mol. The molecule has 1 N–H and O–H groups in total. The Bertz CT molecular complexity index is 375. The van der Waals surface area contributed by atoms with Crippen LogP contribution in [-0.4, -0.2) is 31.6 Å². The number of hydrogen-bond acceptors (Lipinski definition) is 2. The monoisotopic (exact) mass is 246 g/mol. The highest BCUT2D eigenvalue weighted by Gasteiger charge is 2.19. The summed E-state index contributed by atoms with van der Waals surface area (Å²) in [5.74, 6) is 1.55. The molecule has 18 heavy (non-hydrogen) atoms. The Morgan fingerprint density at radius 1 is 1.39 bits per heavy atom. The fraction of sp³-hybridized carbons (Fsp3) is 0.625. The lowest BCUT2D eigenvalue weighted by Gasteiger charge is -2.30. The number of para-hydroxylation sites is 1. The number of rotatable bonds is 5. The zero-order chi connectivity index (χ0) is 13.0. The van der Waals surface area contributed by atoms with Crippen molar-refractivity contribution >= 4 is 5.69 Å². The van der Waals surface area contributed by atoms with Gasteiger partial charge in [-0.15, -0.1) is 0 Å². The Morgan fingerprint density at radius 2 is 2.17 bits per heavy atom. The summed E-state index contributed by atoms with van der Waals surface area (Å²) in [6.45, 7) is 8.14. The topological polar surface area (TPSA) is 15.3 Å². The van der Waals surface area contributed by atoms with Crippen molar-refractivity contribution in [3.63, 3.8) is 0 Å². The molecule has 0 spiro atoms. The molecule has 0 aliphatic carbocycles. The van der Waals surface area contributed by atoms with Gasteiger partial charge in [-0.1, -0.05) is 38.5 Å². The number of anilines is 1. The van der Waals surface area contributed by atoms with E-state index >= 15 is 0 Å². The molecule has 1 aromatic carbocycles. The van der Waals surface area contributed by atoms with E-state index in [1.807, 2.05) is 0 Å². The number of hydrogen-bond donors (Lipinski definition) is 1. The van der Waals surface area contributed by atoms with Crippen molar-refractivity contribution in [1.82, 2.24) is 4.90 Å². The fourth-order valence-electron chi connectivity index (χ4n) is 2.81. The van der Waals surface area contributed by atoms with Crippen LogP contribution < -0.4 is 5.32 Å². The molecule has 1 aromatic rings. The third kappa shape index (κ3) is 3.49. The normalized spacial score (nSPS) is 20.3. The molecule has 0 bridgehead atoms. The highest BCUT2D eigenvalue weighted by atomic mass is 15.1. The maximum atomic E-state index is 3.56. The van der Waals surface area contributed by atoms with E-state index in [2.05, 4.69) is 55.4 Å². The van der Waals surface area contributed by atoms with Gasteiger partial charge < -0.3 is 10.2 Å². The molecule has 1 aliphatic heterocycles. The van der Waals surface area contributed by atoms with Crippen LogP contribution in [0.5, 0.6) is 0 Å². The maximum absolute atomic E-state index is 3.56. The molecule has 0 radical (unpaired) electrons. The molecule has 0 saturated heterocycles. The van der Waals surface area contributed by atoms with Gasteiger partial charge in [-0.05, 0) is 36.9 Å². The van der Waals surface area contributed by atoms with Crippen LogP contribution >= 0.6 is 0 Å². The lowest BCUT2D eigenvalue weighted by molar-refractivity contribution is 0.243. The SMILES string of the molecule is CCC(C)CN(C)CC1CNc2ccccc2C1. The van der Waals surface area contributed by atoms with Crippen molar-refractivity contribution in [3.05, 3.63) is 29.8 Å². The first-order chi connectivity index (χ1) is 8.69. The van der Waals surface area contributed by atoms with Gasteiger partial charge in [0.2, 0.25) is 0 Å². The summed E-state index contributed by atoms with van der Waals surface area (Å²) in [5.41, 5.74) is 2.81. The van der Waals surface area contributed by atoms with Gasteiger partial charge in [0.15, 0.2) is 0 Å². The smallest absolute Gasteiger partial charge is 0.0372 e. The van der Waals surface area contributed by atoms with Gasteiger partial charge in [0.1, 0.15) is 0 Å². The zero-order valence-corrected chi connectivity index (χ0v) is 11.9. The highest BCUT2D eigenvalue weighted by Crippen LogP contribution is 2.24. The predicted molar refractivity (Wildman–Crippen MR) is 79.1 cm³/mol. The second kappa shape index (κ2) is 6.24. The van der Waals surface area contributed by atoms with Crippen LogP contribution in [0, 0.1) is 11.8 Å². The third-order valence-corrected chi connectivity index (χ3v) is 4.00. The second-order valence-corrected chi connectivity index (χ2v) is 5.84. The molecule has 2 heteroatoms.